The van der Waals surface area contributed by atoms with Crippen molar-refractivity contribution >= 4 is 11.6 Å². The number of hydrogen-bond acceptors (Lipinski definition) is 3. The first kappa shape index (κ1) is 11.2. The molecule has 0 fully saturated rings. The quantitative estimate of drug-likeness (QED) is 0.887. The van der Waals surface area contributed by atoms with E-state index in [1.54, 1.807) is 0 Å². The van der Waals surface area contributed by atoms with Gasteiger partial charge < -0.3 is 9.73 Å². The van der Waals surface area contributed by atoms with Crippen LogP contribution < -0.4 is 5.32 Å². The molecular formula is C12H13ClN2O. The zero-order valence-corrected chi connectivity index (χ0v) is 9.79. The second kappa shape index (κ2) is 5.14. The zero-order valence-electron chi connectivity index (χ0n) is 9.03. The molecule has 3 nitrogen and oxygen atoms in total. The third-order valence-corrected chi connectivity index (χ3v) is 2.51. The molecule has 0 saturated carbocycles. The van der Waals surface area contributed by atoms with Crippen LogP contribution in [-0.2, 0) is 6.54 Å². The van der Waals surface area contributed by atoms with Crippen LogP contribution in [0.1, 0.15) is 12.6 Å². The summed E-state index contributed by atoms with van der Waals surface area (Å²) in [6.07, 6.45) is 1.46. The van der Waals surface area contributed by atoms with Gasteiger partial charge in [-0.05, 0) is 18.7 Å². The molecule has 1 N–H and O–H groups in total. The van der Waals surface area contributed by atoms with E-state index in [-0.39, 0.29) is 0 Å². The van der Waals surface area contributed by atoms with Crippen LogP contribution in [0.4, 0.5) is 0 Å². The lowest BCUT2D eigenvalue weighted by Crippen LogP contribution is -2.12. The Morgan fingerprint density at radius 3 is 3.06 bits per heavy atom. The summed E-state index contributed by atoms with van der Waals surface area (Å²) in [6, 6.07) is 7.57. The molecule has 2 rings (SSSR count). The Labute approximate surface area is 99.5 Å². The highest BCUT2D eigenvalue weighted by Gasteiger charge is 2.10. The Morgan fingerprint density at radius 2 is 2.31 bits per heavy atom. The fraction of sp³-hybridized carbons (Fsp3) is 0.250. The summed E-state index contributed by atoms with van der Waals surface area (Å²) in [5.74, 6) is 0.781. The van der Waals surface area contributed by atoms with E-state index in [1.807, 2.05) is 24.3 Å². The maximum absolute atomic E-state index is 5.94. The van der Waals surface area contributed by atoms with Crippen molar-refractivity contribution in [2.24, 2.45) is 0 Å². The lowest BCUT2D eigenvalue weighted by Gasteiger charge is -2.02. The number of nitrogens with zero attached hydrogens (tertiary/aromatic N) is 1. The number of rotatable bonds is 4. The first-order valence-electron chi connectivity index (χ1n) is 5.20. The van der Waals surface area contributed by atoms with Gasteiger partial charge in [0.2, 0.25) is 0 Å². The Balaban J connectivity index is 2.29. The van der Waals surface area contributed by atoms with Gasteiger partial charge in [-0.2, -0.15) is 0 Å². The smallest absolute Gasteiger partial charge is 0.181 e. The van der Waals surface area contributed by atoms with Crippen molar-refractivity contribution in [3.8, 4) is 11.3 Å². The molecule has 0 spiro atoms. The molecule has 0 amide bonds. The summed E-state index contributed by atoms with van der Waals surface area (Å²) < 4.78 is 5.39. The highest BCUT2D eigenvalue weighted by Crippen LogP contribution is 2.25. The van der Waals surface area contributed by atoms with Crippen molar-refractivity contribution < 1.29 is 4.42 Å². The van der Waals surface area contributed by atoms with Crippen molar-refractivity contribution in [3.63, 3.8) is 0 Å². The number of aromatic nitrogens is 1. The number of nitrogens with one attached hydrogen (secondary N) is 1. The average Bonchev–Trinajstić information content (AvgIpc) is 2.74. The molecule has 2 aromatic rings. The molecular weight excluding hydrogens is 224 g/mol. The predicted molar refractivity (Wildman–Crippen MR) is 64.3 cm³/mol. The molecule has 84 valence electrons. The summed E-state index contributed by atoms with van der Waals surface area (Å²) in [5, 5.41) is 3.92. The highest BCUT2D eigenvalue weighted by molar-refractivity contribution is 6.30. The molecule has 0 aliphatic rings. The number of halogens is 1. The van der Waals surface area contributed by atoms with Crippen LogP contribution >= 0.6 is 11.6 Å². The average molecular weight is 237 g/mol. The Kier molecular flexibility index (Phi) is 3.59. The lowest BCUT2D eigenvalue weighted by atomic mass is 10.1. The summed E-state index contributed by atoms with van der Waals surface area (Å²) in [7, 11) is 0. The fourth-order valence-electron chi connectivity index (χ4n) is 1.50. The van der Waals surface area contributed by atoms with Gasteiger partial charge in [0.15, 0.2) is 12.2 Å². The van der Waals surface area contributed by atoms with Crippen molar-refractivity contribution in [1.29, 1.82) is 0 Å². The van der Waals surface area contributed by atoms with Gasteiger partial charge in [0, 0.05) is 17.1 Å². The van der Waals surface area contributed by atoms with Gasteiger partial charge in [0.05, 0.1) is 0 Å². The number of oxazole rings is 1. The molecule has 0 unspecified atom stereocenters. The Morgan fingerprint density at radius 1 is 1.44 bits per heavy atom. The summed E-state index contributed by atoms with van der Waals surface area (Å²) in [4.78, 5) is 4.19. The molecule has 0 atom stereocenters. The maximum Gasteiger partial charge on any atom is 0.181 e. The molecule has 0 aliphatic heterocycles. The van der Waals surface area contributed by atoms with Gasteiger partial charge in [0.1, 0.15) is 5.69 Å². The van der Waals surface area contributed by atoms with Crippen LogP contribution in [0.5, 0.6) is 0 Å². The van der Waals surface area contributed by atoms with E-state index in [4.69, 9.17) is 16.0 Å². The molecule has 0 saturated heterocycles. The van der Waals surface area contributed by atoms with Gasteiger partial charge in [-0.3, -0.25) is 0 Å². The lowest BCUT2D eigenvalue weighted by molar-refractivity contribution is 0.570. The van der Waals surface area contributed by atoms with Crippen molar-refractivity contribution in [2.45, 2.75) is 13.5 Å². The van der Waals surface area contributed by atoms with Crippen molar-refractivity contribution in [1.82, 2.24) is 10.3 Å². The van der Waals surface area contributed by atoms with Crippen LogP contribution in [0, 0.1) is 0 Å². The molecule has 16 heavy (non-hydrogen) atoms. The summed E-state index contributed by atoms with van der Waals surface area (Å²) in [6.45, 7) is 3.66. The van der Waals surface area contributed by atoms with E-state index in [0.29, 0.717) is 11.6 Å². The first-order valence-corrected chi connectivity index (χ1v) is 5.58. The molecule has 0 radical (unpaired) electrons. The minimum absolute atomic E-state index is 0.698. The molecule has 4 heteroatoms. The standard InChI is InChI=1S/C12H13ClN2O/c1-2-14-7-11-12(16-8-15-11)9-4-3-5-10(13)6-9/h3-6,8,14H,2,7H2,1H3. The van der Waals surface area contributed by atoms with E-state index in [2.05, 4.69) is 17.2 Å². The molecule has 0 aliphatic carbocycles. The van der Waals surface area contributed by atoms with Crippen LogP contribution in [0.15, 0.2) is 35.1 Å². The van der Waals surface area contributed by atoms with Gasteiger partial charge in [-0.15, -0.1) is 0 Å². The zero-order chi connectivity index (χ0) is 11.4. The predicted octanol–water partition coefficient (Wildman–Crippen LogP) is 3.10. The van der Waals surface area contributed by atoms with E-state index >= 15 is 0 Å². The second-order valence-corrected chi connectivity index (χ2v) is 3.86. The second-order valence-electron chi connectivity index (χ2n) is 3.42. The third-order valence-electron chi connectivity index (χ3n) is 2.27. The highest BCUT2D eigenvalue weighted by atomic mass is 35.5. The van der Waals surface area contributed by atoms with Crippen molar-refractivity contribution in [3.05, 3.63) is 41.4 Å². The molecule has 1 aromatic heterocycles. The van der Waals surface area contributed by atoms with Gasteiger partial charge in [-0.1, -0.05) is 30.7 Å². The summed E-state index contributed by atoms with van der Waals surface area (Å²) in [5.41, 5.74) is 1.86. The van der Waals surface area contributed by atoms with Crippen LogP contribution in [0.3, 0.4) is 0 Å². The minimum atomic E-state index is 0.698. The Hall–Kier alpha value is -1.32. The SMILES string of the molecule is CCNCc1ncoc1-c1cccc(Cl)c1. The van der Waals surface area contributed by atoms with E-state index in [9.17, 15) is 0 Å². The molecule has 0 bridgehead atoms. The van der Waals surface area contributed by atoms with E-state index in [1.165, 1.54) is 6.39 Å². The Bertz CT molecular complexity index is 468. The van der Waals surface area contributed by atoms with E-state index in [0.717, 1.165) is 23.6 Å². The number of benzene rings is 1. The number of hydrogen-bond donors (Lipinski definition) is 1. The third kappa shape index (κ3) is 2.43. The first-order chi connectivity index (χ1) is 7.81. The van der Waals surface area contributed by atoms with Gasteiger partial charge >= 0.3 is 0 Å². The van der Waals surface area contributed by atoms with Crippen LogP contribution in [-0.4, -0.2) is 11.5 Å². The normalized spacial score (nSPS) is 10.6. The molecule has 1 aromatic carbocycles. The van der Waals surface area contributed by atoms with Crippen LogP contribution in [0.25, 0.3) is 11.3 Å². The fourth-order valence-corrected chi connectivity index (χ4v) is 1.69. The van der Waals surface area contributed by atoms with Gasteiger partial charge in [-0.25, -0.2) is 4.98 Å². The van der Waals surface area contributed by atoms with Crippen molar-refractivity contribution in [2.75, 3.05) is 6.54 Å². The van der Waals surface area contributed by atoms with Crippen LogP contribution in [0.2, 0.25) is 5.02 Å². The van der Waals surface area contributed by atoms with E-state index < -0.39 is 0 Å². The monoisotopic (exact) mass is 236 g/mol. The topological polar surface area (TPSA) is 38.1 Å². The largest absolute Gasteiger partial charge is 0.443 e. The van der Waals surface area contributed by atoms with Gasteiger partial charge in [0.25, 0.3) is 0 Å². The maximum atomic E-state index is 5.94. The molecule has 1 heterocycles. The minimum Gasteiger partial charge on any atom is -0.443 e. The summed E-state index contributed by atoms with van der Waals surface area (Å²) >= 11 is 5.94.